The van der Waals surface area contributed by atoms with E-state index in [4.69, 9.17) is 4.74 Å². The molecule has 4 rings (SSSR count). The molecule has 8 heteroatoms. The van der Waals surface area contributed by atoms with Crippen LogP contribution < -0.4 is 5.32 Å². The van der Waals surface area contributed by atoms with E-state index in [0.29, 0.717) is 5.69 Å². The van der Waals surface area contributed by atoms with E-state index in [1.807, 2.05) is 48.7 Å². The molecule has 0 fully saturated rings. The molecule has 1 aliphatic heterocycles. The molecule has 0 unspecified atom stereocenters. The quantitative estimate of drug-likeness (QED) is 0.326. The Morgan fingerprint density at radius 3 is 2.36 bits per heavy atom. The van der Waals surface area contributed by atoms with E-state index >= 15 is 0 Å². The van der Waals surface area contributed by atoms with E-state index < -0.39 is 30.3 Å². The lowest BCUT2D eigenvalue weighted by Crippen LogP contribution is -2.29. The van der Waals surface area contributed by atoms with Crippen molar-refractivity contribution >= 4 is 41.1 Å². The summed E-state index contributed by atoms with van der Waals surface area (Å²) < 4.78 is 5.11. The fourth-order valence-corrected chi connectivity index (χ4v) is 4.03. The number of thioether (sulfide) groups is 1. The molecule has 0 aliphatic carbocycles. The van der Waals surface area contributed by atoms with Gasteiger partial charge in [0.1, 0.15) is 0 Å². The summed E-state index contributed by atoms with van der Waals surface area (Å²) in [5.41, 5.74) is 1.92. The molecule has 0 bridgehead atoms. The van der Waals surface area contributed by atoms with Crippen LogP contribution in [-0.2, 0) is 16.1 Å². The average molecular weight is 461 g/mol. The van der Waals surface area contributed by atoms with E-state index in [9.17, 15) is 19.2 Å². The fraction of sp³-hybridized carbons (Fsp3) is 0.120. The molecule has 3 aromatic carbocycles. The Kier molecular flexibility index (Phi) is 6.55. The summed E-state index contributed by atoms with van der Waals surface area (Å²) in [4.78, 5) is 52.2. The normalized spacial score (nSPS) is 12.5. The summed E-state index contributed by atoms with van der Waals surface area (Å²) in [6, 6.07) is 20.7. The van der Waals surface area contributed by atoms with Gasteiger partial charge in [0.15, 0.2) is 6.61 Å². The van der Waals surface area contributed by atoms with Gasteiger partial charge in [-0.25, -0.2) is 4.79 Å². The van der Waals surface area contributed by atoms with Crippen LogP contribution in [0.5, 0.6) is 0 Å². The summed E-state index contributed by atoms with van der Waals surface area (Å²) in [7, 11) is 0. The van der Waals surface area contributed by atoms with Crippen molar-refractivity contribution in [3.05, 3.63) is 95.1 Å². The zero-order valence-corrected chi connectivity index (χ0v) is 18.6. The van der Waals surface area contributed by atoms with Gasteiger partial charge in [0.25, 0.3) is 17.7 Å². The minimum Gasteiger partial charge on any atom is -0.452 e. The van der Waals surface area contributed by atoms with Gasteiger partial charge in [-0.15, -0.1) is 11.8 Å². The molecule has 0 radical (unpaired) electrons. The molecule has 0 atom stereocenters. The zero-order valence-electron chi connectivity index (χ0n) is 17.7. The molecular weight excluding hydrogens is 440 g/mol. The summed E-state index contributed by atoms with van der Waals surface area (Å²) in [5.74, 6) is -2.12. The van der Waals surface area contributed by atoms with Gasteiger partial charge in [-0.2, -0.15) is 0 Å². The molecule has 0 saturated carbocycles. The minimum atomic E-state index is -0.757. The first-order chi connectivity index (χ1) is 16.0. The molecule has 3 amide bonds. The lowest BCUT2D eigenvalue weighted by Gasteiger charge is -2.13. The standard InChI is InChI=1S/C25H20N2O5S/c1-33-21-10-6-5-9-20(21)26-22(28)15-32-25(31)17-11-12-18-19(13-17)24(30)27(23(18)29)14-16-7-3-2-4-8-16/h2-13H,14-15H2,1H3,(H,26,28). The molecule has 0 saturated heterocycles. The van der Waals surface area contributed by atoms with Crippen LogP contribution in [0, 0.1) is 0 Å². The number of rotatable bonds is 7. The molecular formula is C25H20N2O5S. The second-order valence-corrected chi connectivity index (χ2v) is 8.12. The molecule has 3 aromatic rings. The maximum Gasteiger partial charge on any atom is 0.338 e. The third kappa shape index (κ3) is 4.80. The van der Waals surface area contributed by atoms with Crippen LogP contribution in [-0.4, -0.2) is 41.5 Å². The van der Waals surface area contributed by atoms with Crippen molar-refractivity contribution in [3.8, 4) is 0 Å². The smallest absolute Gasteiger partial charge is 0.338 e. The molecule has 33 heavy (non-hydrogen) atoms. The zero-order chi connectivity index (χ0) is 23.4. The third-order valence-electron chi connectivity index (χ3n) is 5.11. The highest BCUT2D eigenvalue weighted by Crippen LogP contribution is 2.26. The number of para-hydroxylation sites is 1. The molecule has 0 aromatic heterocycles. The van der Waals surface area contributed by atoms with Gasteiger partial charge in [0.05, 0.1) is 28.9 Å². The van der Waals surface area contributed by atoms with E-state index in [-0.39, 0.29) is 23.2 Å². The van der Waals surface area contributed by atoms with Crippen LogP contribution in [0.1, 0.15) is 36.6 Å². The number of anilines is 1. The first kappa shape index (κ1) is 22.3. The monoisotopic (exact) mass is 460 g/mol. The average Bonchev–Trinajstić information content (AvgIpc) is 3.07. The van der Waals surface area contributed by atoms with Crippen molar-refractivity contribution in [1.82, 2.24) is 4.90 Å². The number of hydrogen-bond donors (Lipinski definition) is 1. The van der Waals surface area contributed by atoms with Gasteiger partial charge in [-0.05, 0) is 42.2 Å². The van der Waals surface area contributed by atoms with Crippen LogP contribution in [0.2, 0.25) is 0 Å². The van der Waals surface area contributed by atoms with Gasteiger partial charge in [-0.1, -0.05) is 42.5 Å². The maximum absolute atomic E-state index is 12.8. The number of carbonyl (C=O) groups excluding carboxylic acids is 4. The maximum atomic E-state index is 12.8. The number of carbonyl (C=O) groups is 4. The number of ether oxygens (including phenoxy) is 1. The minimum absolute atomic E-state index is 0.0915. The number of esters is 1. The fourth-order valence-electron chi connectivity index (χ4n) is 3.48. The highest BCUT2D eigenvalue weighted by Gasteiger charge is 2.36. The number of nitrogens with one attached hydrogen (secondary N) is 1. The van der Waals surface area contributed by atoms with Crippen molar-refractivity contribution in [2.45, 2.75) is 11.4 Å². The summed E-state index contributed by atoms with van der Waals surface area (Å²) in [6.07, 6.45) is 1.89. The van der Waals surface area contributed by atoms with Gasteiger partial charge < -0.3 is 10.1 Å². The number of imide groups is 1. The Labute approximate surface area is 194 Å². The lowest BCUT2D eigenvalue weighted by molar-refractivity contribution is -0.119. The van der Waals surface area contributed by atoms with Crippen LogP contribution >= 0.6 is 11.8 Å². The van der Waals surface area contributed by atoms with E-state index in [0.717, 1.165) is 15.4 Å². The summed E-state index contributed by atoms with van der Waals surface area (Å²) in [6.45, 7) is -0.337. The van der Waals surface area contributed by atoms with Crippen molar-refractivity contribution in [2.75, 3.05) is 18.2 Å². The van der Waals surface area contributed by atoms with Crippen LogP contribution in [0.15, 0.2) is 77.7 Å². The highest BCUT2D eigenvalue weighted by molar-refractivity contribution is 7.98. The van der Waals surface area contributed by atoms with Crippen LogP contribution in [0.4, 0.5) is 5.69 Å². The van der Waals surface area contributed by atoms with E-state index in [1.165, 1.54) is 30.0 Å². The molecule has 1 heterocycles. The SMILES string of the molecule is CSc1ccccc1NC(=O)COC(=O)c1ccc2c(c1)C(=O)N(Cc1ccccc1)C2=O. The first-order valence-electron chi connectivity index (χ1n) is 10.1. The largest absolute Gasteiger partial charge is 0.452 e. The summed E-state index contributed by atoms with van der Waals surface area (Å²) in [5, 5.41) is 2.71. The van der Waals surface area contributed by atoms with Crippen LogP contribution in [0.25, 0.3) is 0 Å². The van der Waals surface area contributed by atoms with Gasteiger partial charge in [0, 0.05) is 4.90 Å². The molecule has 7 nitrogen and oxygen atoms in total. The second kappa shape index (κ2) is 9.70. The molecule has 0 spiro atoms. The summed E-state index contributed by atoms with van der Waals surface area (Å²) >= 11 is 1.48. The van der Waals surface area contributed by atoms with Gasteiger partial charge in [0.2, 0.25) is 0 Å². The Morgan fingerprint density at radius 1 is 0.909 bits per heavy atom. The van der Waals surface area contributed by atoms with Crippen molar-refractivity contribution < 1.29 is 23.9 Å². The second-order valence-electron chi connectivity index (χ2n) is 7.27. The Balaban J connectivity index is 1.41. The van der Waals surface area contributed by atoms with Gasteiger partial charge in [-0.3, -0.25) is 19.3 Å². The van der Waals surface area contributed by atoms with Crippen molar-refractivity contribution in [1.29, 1.82) is 0 Å². The highest BCUT2D eigenvalue weighted by atomic mass is 32.2. The molecule has 1 aliphatic rings. The van der Waals surface area contributed by atoms with Crippen molar-refractivity contribution in [2.24, 2.45) is 0 Å². The number of amides is 3. The third-order valence-corrected chi connectivity index (χ3v) is 5.90. The number of benzene rings is 3. The van der Waals surface area contributed by atoms with Gasteiger partial charge >= 0.3 is 5.97 Å². The number of hydrogen-bond acceptors (Lipinski definition) is 6. The van der Waals surface area contributed by atoms with E-state index in [1.54, 1.807) is 12.1 Å². The number of fused-ring (bicyclic) bond motifs is 1. The predicted octanol–water partition coefficient (Wildman–Crippen LogP) is 4.00. The Bertz CT molecular complexity index is 1240. The van der Waals surface area contributed by atoms with Crippen LogP contribution in [0.3, 0.4) is 0 Å². The first-order valence-corrected chi connectivity index (χ1v) is 11.3. The Morgan fingerprint density at radius 2 is 1.61 bits per heavy atom. The predicted molar refractivity (Wildman–Crippen MR) is 124 cm³/mol. The van der Waals surface area contributed by atoms with E-state index in [2.05, 4.69) is 5.32 Å². The Hall–Kier alpha value is -3.91. The lowest BCUT2D eigenvalue weighted by atomic mass is 10.1. The molecule has 166 valence electrons. The molecule has 1 N–H and O–H groups in total. The topological polar surface area (TPSA) is 92.8 Å². The number of nitrogens with zero attached hydrogens (tertiary/aromatic N) is 1. The van der Waals surface area contributed by atoms with Crippen molar-refractivity contribution in [3.63, 3.8) is 0 Å².